The van der Waals surface area contributed by atoms with Crippen molar-refractivity contribution in [1.29, 1.82) is 0 Å². The van der Waals surface area contributed by atoms with Crippen molar-refractivity contribution in [3.63, 3.8) is 0 Å². The van der Waals surface area contributed by atoms with Gasteiger partial charge >= 0.3 is 0 Å². The number of hydrogen-bond donors (Lipinski definition) is 1. The third-order valence-corrected chi connectivity index (χ3v) is 3.95. The van der Waals surface area contributed by atoms with E-state index >= 15 is 0 Å². The minimum absolute atomic E-state index is 0.128. The molecular weight excluding hydrogens is 310 g/mol. The fourth-order valence-corrected chi connectivity index (χ4v) is 3.00. The van der Waals surface area contributed by atoms with E-state index < -0.39 is 0 Å². The maximum Gasteiger partial charge on any atom is 0.223 e. The first-order valence-corrected chi connectivity index (χ1v) is 7.17. The molecule has 1 aromatic carbocycles. The van der Waals surface area contributed by atoms with Crippen molar-refractivity contribution in [3.8, 4) is 0 Å². The second-order valence-electron chi connectivity index (χ2n) is 4.47. The molecule has 104 valence electrons. The summed E-state index contributed by atoms with van der Waals surface area (Å²) in [5.41, 5.74) is 9.60. The number of imidazole rings is 1. The molecule has 0 unspecified atom stereocenters. The zero-order chi connectivity index (χ0) is 14.4. The number of anilines is 1. The van der Waals surface area contributed by atoms with Gasteiger partial charge in [0.25, 0.3) is 0 Å². The number of fused-ring (bicyclic) bond motifs is 2. The van der Waals surface area contributed by atoms with Crippen LogP contribution in [0.1, 0.15) is 5.56 Å². The number of aromatic nitrogens is 6. The highest BCUT2D eigenvalue weighted by molar-refractivity contribution is 7.00. The molecule has 2 N–H and O–H groups in total. The molecule has 0 aliphatic carbocycles. The van der Waals surface area contributed by atoms with Crippen molar-refractivity contribution in [2.75, 3.05) is 5.73 Å². The van der Waals surface area contributed by atoms with Crippen molar-refractivity contribution < 1.29 is 0 Å². The molecule has 3 heterocycles. The Balaban J connectivity index is 1.86. The summed E-state index contributed by atoms with van der Waals surface area (Å²) in [5, 5.41) is 0.254. The van der Waals surface area contributed by atoms with Crippen LogP contribution in [0.4, 0.5) is 5.95 Å². The predicted octanol–water partition coefficient (Wildman–Crippen LogP) is 2.11. The summed E-state index contributed by atoms with van der Waals surface area (Å²) in [5.74, 6) is 0.128. The molecule has 0 radical (unpaired) electrons. The van der Waals surface area contributed by atoms with Gasteiger partial charge in [-0.3, -0.25) is 0 Å². The van der Waals surface area contributed by atoms with Gasteiger partial charge in [-0.2, -0.15) is 18.7 Å². The van der Waals surface area contributed by atoms with Gasteiger partial charge in [0.2, 0.25) is 5.95 Å². The lowest BCUT2D eigenvalue weighted by Gasteiger charge is -2.05. The molecule has 4 rings (SSSR count). The van der Waals surface area contributed by atoms with E-state index in [0.717, 1.165) is 16.6 Å². The van der Waals surface area contributed by atoms with Crippen LogP contribution < -0.4 is 5.73 Å². The lowest BCUT2D eigenvalue weighted by molar-refractivity contribution is 0.818. The zero-order valence-electron chi connectivity index (χ0n) is 10.6. The predicted molar refractivity (Wildman–Crippen MR) is 81.3 cm³/mol. The molecule has 0 aliphatic heterocycles. The van der Waals surface area contributed by atoms with Gasteiger partial charge in [0, 0.05) is 5.56 Å². The van der Waals surface area contributed by atoms with E-state index in [2.05, 4.69) is 23.7 Å². The molecule has 0 saturated heterocycles. The van der Waals surface area contributed by atoms with Crippen LogP contribution in [0.2, 0.25) is 5.15 Å². The highest BCUT2D eigenvalue weighted by Crippen LogP contribution is 2.22. The van der Waals surface area contributed by atoms with Crippen molar-refractivity contribution in [2.24, 2.45) is 0 Å². The first-order valence-electron chi connectivity index (χ1n) is 6.06. The Labute approximate surface area is 127 Å². The van der Waals surface area contributed by atoms with Crippen molar-refractivity contribution >= 4 is 51.5 Å². The Morgan fingerprint density at radius 2 is 2.10 bits per heavy atom. The summed E-state index contributed by atoms with van der Waals surface area (Å²) in [4.78, 5) is 12.3. The van der Waals surface area contributed by atoms with Crippen molar-refractivity contribution in [1.82, 2.24) is 28.3 Å². The second kappa shape index (κ2) is 4.61. The lowest BCUT2D eigenvalue weighted by atomic mass is 10.2. The Morgan fingerprint density at radius 1 is 1.19 bits per heavy atom. The van der Waals surface area contributed by atoms with Gasteiger partial charge in [-0.25, -0.2) is 4.98 Å². The summed E-state index contributed by atoms with van der Waals surface area (Å²) in [6, 6.07) is 5.89. The average molecular weight is 318 g/mol. The molecule has 21 heavy (non-hydrogen) atoms. The minimum atomic E-state index is 0.128. The number of benzene rings is 1. The third kappa shape index (κ3) is 1.99. The maximum absolute atomic E-state index is 6.03. The van der Waals surface area contributed by atoms with Crippen LogP contribution in [0.3, 0.4) is 0 Å². The first-order chi connectivity index (χ1) is 10.2. The molecule has 0 bridgehead atoms. The number of nitrogens with two attached hydrogens (primary N) is 1. The molecule has 4 aromatic rings. The Bertz CT molecular complexity index is 961. The minimum Gasteiger partial charge on any atom is -0.368 e. The van der Waals surface area contributed by atoms with Crippen LogP contribution in [-0.4, -0.2) is 28.3 Å². The largest absolute Gasteiger partial charge is 0.368 e. The van der Waals surface area contributed by atoms with Gasteiger partial charge in [-0.1, -0.05) is 23.7 Å². The molecule has 0 saturated carbocycles. The number of halogens is 1. The Morgan fingerprint density at radius 3 is 3.00 bits per heavy atom. The summed E-state index contributed by atoms with van der Waals surface area (Å²) < 4.78 is 10.4. The monoisotopic (exact) mass is 317 g/mol. The second-order valence-corrected chi connectivity index (χ2v) is 5.35. The van der Waals surface area contributed by atoms with E-state index in [1.807, 2.05) is 22.8 Å². The van der Waals surface area contributed by atoms with E-state index in [1.54, 1.807) is 6.33 Å². The molecule has 0 amide bonds. The van der Waals surface area contributed by atoms with Crippen LogP contribution in [0.5, 0.6) is 0 Å². The topological polar surface area (TPSA) is 95.4 Å². The van der Waals surface area contributed by atoms with E-state index in [9.17, 15) is 0 Å². The quantitative estimate of drug-likeness (QED) is 0.569. The standard InChI is InChI=1S/C12H8ClN7S/c13-10-9-11(17-12(14)16-10)20(5-15-9)4-6-2-1-3-7-8(6)19-21-18-7/h1-3,5H,4H2,(H2,14,16,17). The maximum atomic E-state index is 6.03. The average Bonchev–Trinajstić information content (AvgIpc) is 3.07. The number of hydrogen-bond acceptors (Lipinski definition) is 7. The van der Waals surface area contributed by atoms with E-state index in [0.29, 0.717) is 17.7 Å². The van der Waals surface area contributed by atoms with Crippen LogP contribution in [0, 0.1) is 0 Å². The number of rotatable bonds is 2. The molecule has 7 nitrogen and oxygen atoms in total. The highest BCUT2D eigenvalue weighted by Gasteiger charge is 2.12. The summed E-state index contributed by atoms with van der Waals surface area (Å²) in [6.07, 6.45) is 1.67. The van der Waals surface area contributed by atoms with E-state index in [-0.39, 0.29) is 11.1 Å². The SMILES string of the molecule is Nc1nc(Cl)c2ncn(Cc3cccc4nsnc34)c2n1. The third-order valence-electron chi connectivity index (χ3n) is 3.15. The van der Waals surface area contributed by atoms with Crippen LogP contribution >= 0.6 is 23.3 Å². The van der Waals surface area contributed by atoms with E-state index in [1.165, 1.54) is 11.7 Å². The fourth-order valence-electron chi connectivity index (χ4n) is 2.21. The number of nitrogens with zero attached hydrogens (tertiary/aromatic N) is 6. The first kappa shape index (κ1) is 12.4. The molecular formula is C12H8ClN7S. The summed E-state index contributed by atoms with van der Waals surface area (Å²) in [7, 11) is 0. The van der Waals surface area contributed by atoms with Crippen molar-refractivity contribution in [2.45, 2.75) is 6.54 Å². The molecule has 0 spiro atoms. The number of nitrogen functional groups attached to an aromatic ring is 1. The van der Waals surface area contributed by atoms with Gasteiger partial charge in [0.15, 0.2) is 10.8 Å². The van der Waals surface area contributed by atoms with Crippen LogP contribution in [-0.2, 0) is 6.54 Å². The van der Waals surface area contributed by atoms with Gasteiger partial charge in [0.1, 0.15) is 16.6 Å². The van der Waals surface area contributed by atoms with Crippen LogP contribution in [0.15, 0.2) is 24.5 Å². The normalized spacial score (nSPS) is 11.5. The molecule has 0 atom stereocenters. The molecule has 9 heteroatoms. The Kier molecular flexibility index (Phi) is 2.72. The lowest BCUT2D eigenvalue weighted by Crippen LogP contribution is -2.02. The summed E-state index contributed by atoms with van der Waals surface area (Å²) in [6.45, 7) is 0.562. The van der Waals surface area contributed by atoms with Gasteiger partial charge < -0.3 is 10.3 Å². The molecule has 3 aromatic heterocycles. The van der Waals surface area contributed by atoms with Gasteiger partial charge in [-0.15, -0.1) is 0 Å². The molecule has 0 aliphatic rings. The zero-order valence-corrected chi connectivity index (χ0v) is 12.1. The van der Waals surface area contributed by atoms with Gasteiger partial charge in [0.05, 0.1) is 24.6 Å². The summed E-state index contributed by atoms with van der Waals surface area (Å²) >= 11 is 7.23. The molecule has 0 fully saturated rings. The van der Waals surface area contributed by atoms with Crippen molar-refractivity contribution in [3.05, 3.63) is 35.2 Å². The fraction of sp³-hybridized carbons (Fsp3) is 0.0833. The van der Waals surface area contributed by atoms with E-state index in [4.69, 9.17) is 17.3 Å². The highest BCUT2D eigenvalue weighted by atomic mass is 35.5. The smallest absolute Gasteiger partial charge is 0.223 e. The van der Waals surface area contributed by atoms with Gasteiger partial charge in [-0.05, 0) is 6.07 Å². The Hall–Kier alpha value is -2.32. The van der Waals surface area contributed by atoms with Crippen LogP contribution in [0.25, 0.3) is 22.2 Å².